The van der Waals surface area contributed by atoms with Gasteiger partial charge in [0.2, 0.25) is 0 Å². The lowest BCUT2D eigenvalue weighted by atomic mass is 10.0. The molecule has 12 nitrogen and oxygen atoms in total. The summed E-state index contributed by atoms with van der Waals surface area (Å²) in [6.45, 7) is 0. The molecule has 0 saturated carbocycles. The molecule has 5 rings (SSSR count). The molecular weight excluding hydrogens is 512 g/mol. The first-order valence-electron chi connectivity index (χ1n) is 11.5. The van der Waals surface area contributed by atoms with E-state index in [1.165, 1.54) is 75.2 Å². The number of rotatable bonds is 6. The van der Waals surface area contributed by atoms with Crippen molar-refractivity contribution in [1.29, 1.82) is 0 Å². The van der Waals surface area contributed by atoms with Gasteiger partial charge in [-0.1, -0.05) is 0 Å². The van der Waals surface area contributed by atoms with Gasteiger partial charge in [0.25, 0.3) is 5.91 Å². The smallest absolute Gasteiger partial charge is 0.338 e. The molecule has 1 saturated heterocycles. The van der Waals surface area contributed by atoms with Crippen LogP contribution in [0.2, 0.25) is 0 Å². The molecule has 0 spiro atoms. The Hall–Kier alpha value is -5.39. The quantitative estimate of drug-likeness (QED) is 0.254. The second-order valence-electron chi connectivity index (χ2n) is 8.58. The zero-order valence-corrected chi connectivity index (χ0v) is 20.5. The minimum absolute atomic E-state index is 0.0176. The van der Waals surface area contributed by atoms with Crippen molar-refractivity contribution in [2.75, 3.05) is 14.2 Å². The van der Waals surface area contributed by atoms with Crippen molar-refractivity contribution in [1.82, 2.24) is 9.80 Å². The van der Waals surface area contributed by atoms with E-state index in [0.717, 1.165) is 9.80 Å². The summed E-state index contributed by atoms with van der Waals surface area (Å²) in [4.78, 5) is 63.9. The van der Waals surface area contributed by atoms with Gasteiger partial charge in [0.05, 0.1) is 25.2 Å². The molecule has 2 unspecified atom stereocenters. The van der Waals surface area contributed by atoms with Crippen molar-refractivity contribution in [2.24, 2.45) is 0 Å². The summed E-state index contributed by atoms with van der Waals surface area (Å²) < 4.78 is 22.0. The molecule has 1 N–H and O–H groups in total. The normalized spacial score (nSPS) is 19.8. The summed E-state index contributed by atoms with van der Waals surface area (Å²) in [5, 5.41) is 10.1. The minimum atomic E-state index is -1.13. The zero-order chi connectivity index (χ0) is 27.8. The number of imide groups is 1. The molecule has 3 aliphatic rings. The van der Waals surface area contributed by atoms with Crippen molar-refractivity contribution >= 4 is 30.0 Å². The monoisotopic (exact) mass is 532 g/mol. The van der Waals surface area contributed by atoms with E-state index in [1.54, 1.807) is 0 Å². The van der Waals surface area contributed by atoms with Crippen molar-refractivity contribution in [3.63, 3.8) is 0 Å². The molecule has 3 aliphatic heterocycles. The third-order valence-corrected chi connectivity index (χ3v) is 6.26. The van der Waals surface area contributed by atoms with Gasteiger partial charge in [0, 0.05) is 18.2 Å². The molecule has 12 heteroatoms. The molecule has 198 valence electrons. The van der Waals surface area contributed by atoms with E-state index in [1.807, 2.05) is 0 Å². The molecule has 39 heavy (non-hydrogen) atoms. The standard InChI is InChI=1S/C27H20N2O10/c1-28-24(32)17-10-16-13-37-8-7-20(23(16)29(17)26(34)25(28)33)39-27(35)15-4-6-19(36-2)22(11-15)38-21-9-14(12-30)3-5-18(21)31/h3-13,20,23,31H,1-2H3. The van der Waals surface area contributed by atoms with Crippen molar-refractivity contribution < 1.29 is 48.0 Å². The van der Waals surface area contributed by atoms with E-state index in [0.29, 0.717) is 11.9 Å². The minimum Gasteiger partial charge on any atom is -0.504 e. The number of esters is 1. The van der Waals surface area contributed by atoms with Crippen LogP contribution in [-0.4, -0.2) is 71.2 Å². The van der Waals surface area contributed by atoms with Crippen molar-refractivity contribution in [2.45, 2.75) is 12.1 Å². The number of carbonyl (C=O) groups is 5. The molecule has 2 atom stereocenters. The molecule has 3 heterocycles. The third-order valence-electron chi connectivity index (χ3n) is 6.26. The highest BCUT2D eigenvalue weighted by atomic mass is 16.5. The lowest BCUT2D eigenvalue weighted by molar-refractivity contribution is -0.160. The topological polar surface area (TPSA) is 149 Å². The lowest BCUT2D eigenvalue weighted by Gasteiger charge is -2.35. The van der Waals surface area contributed by atoms with Crippen LogP contribution in [0.1, 0.15) is 20.7 Å². The maximum atomic E-state index is 13.2. The van der Waals surface area contributed by atoms with Gasteiger partial charge in [0.15, 0.2) is 23.0 Å². The first-order chi connectivity index (χ1) is 18.7. The van der Waals surface area contributed by atoms with E-state index in [9.17, 15) is 29.1 Å². The van der Waals surface area contributed by atoms with Crippen LogP contribution in [0.15, 0.2) is 72.3 Å². The molecule has 1 fully saturated rings. The molecule has 0 radical (unpaired) electrons. The number of fused-ring (bicyclic) bond motifs is 3. The molecule has 2 aromatic carbocycles. The molecule has 0 aromatic heterocycles. The maximum absolute atomic E-state index is 13.2. The number of aromatic hydroxyl groups is 1. The molecule has 3 amide bonds. The van der Waals surface area contributed by atoms with E-state index < -0.39 is 35.8 Å². The van der Waals surface area contributed by atoms with Gasteiger partial charge in [-0.2, -0.15) is 0 Å². The number of phenols is 1. The second-order valence-corrected chi connectivity index (χ2v) is 8.58. The zero-order valence-electron chi connectivity index (χ0n) is 20.5. The summed E-state index contributed by atoms with van der Waals surface area (Å²) >= 11 is 0. The summed E-state index contributed by atoms with van der Waals surface area (Å²) in [5.41, 5.74) is 0.574. The number of hydrogen-bond donors (Lipinski definition) is 1. The average Bonchev–Trinajstić information content (AvgIpc) is 3.22. The van der Waals surface area contributed by atoms with Gasteiger partial charge in [0.1, 0.15) is 24.1 Å². The van der Waals surface area contributed by atoms with E-state index >= 15 is 0 Å². The number of piperazine rings is 1. The predicted molar refractivity (Wildman–Crippen MR) is 131 cm³/mol. The predicted octanol–water partition coefficient (Wildman–Crippen LogP) is 2.05. The van der Waals surface area contributed by atoms with Crippen LogP contribution in [0.25, 0.3) is 0 Å². The number of hydrogen-bond acceptors (Lipinski definition) is 10. The van der Waals surface area contributed by atoms with Crippen LogP contribution in [0.4, 0.5) is 0 Å². The van der Waals surface area contributed by atoms with Gasteiger partial charge in [-0.3, -0.25) is 29.0 Å². The Morgan fingerprint density at radius 1 is 1.03 bits per heavy atom. The SMILES string of the molecule is COc1ccc(C(=O)OC2C=COC=C3C=C4C(=O)N(C)C(=O)C(=O)N4C32)cc1Oc1cc(C=O)ccc1O. The first-order valence-corrected chi connectivity index (χ1v) is 11.5. The highest BCUT2D eigenvalue weighted by molar-refractivity contribution is 6.42. The Morgan fingerprint density at radius 3 is 2.56 bits per heavy atom. The number of carbonyl (C=O) groups excluding carboxylic acids is 5. The van der Waals surface area contributed by atoms with Gasteiger partial charge < -0.3 is 24.1 Å². The maximum Gasteiger partial charge on any atom is 0.338 e. The average molecular weight is 532 g/mol. The first kappa shape index (κ1) is 25.3. The Labute approximate surface area is 220 Å². The highest BCUT2D eigenvalue weighted by Crippen LogP contribution is 2.38. The highest BCUT2D eigenvalue weighted by Gasteiger charge is 2.51. The van der Waals surface area contributed by atoms with E-state index in [4.69, 9.17) is 18.9 Å². The van der Waals surface area contributed by atoms with Crippen molar-refractivity contribution in [3.05, 3.63) is 83.5 Å². The van der Waals surface area contributed by atoms with Gasteiger partial charge in [-0.25, -0.2) is 4.79 Å². The number of methoxy groups -OCH3 is 1. The number of phenolic OH excluding ortho intramolecular Hbond substituents is 1. The second kappa shape index (κ2) is 9.82. The van der Waals surface area contributed by atoms with Crippen LogP contribution in [0.5, 0.6) is 23.0 Å². The summed E-state index contributed by atoms with van der Waals surface area (Å²) in [6.07, 6.45) is 4.79. The fourth-order valence-corrected chi connectivity index (χ4v) is 4.29. The summed E-state index contributed by atoms with van der Waals surface area (Å²) in [6, 6.07) is 7.16. The number of amides is 3. The van der Waals surface area contributed by atoms with Gasteiger partial charge in [-0.15, -0.1) is 0 Å². The van der Waals surface area contributed by atoms with Crippen LogP contribution in [0.3, 0.4) is 0 Å². The van der Waals surface area contributed by atoms with Crippen molar-refractivity contribution in [3.8, 4) is 23.0 Å². The van der Waals surface area contributed by atoms with Gasteiger partial charge in [-0.05, 0) is 48.6 Å². The molecular formula is C27H20N2O10. The number of likely N-dealkylation sites (N-methyl/N-ethyl adjacent to an activating group) is 1. The van der Waals surface area contributed by atoms with Gasteiger partial charge >= 0.3 is 17.8 Å². The number of nitrogens with zero attached hydrogens (tertiary/aromatic N) is 2. The molecule has 2 aromatic rings. The lowest BCUT2D eigenvalue weighted by Crippen LogP contribution is -2.57. The van der Waals surface area contributed by atoms with E-state index in [2.05, 4.69) is 0 Å². The fourth-order valence-electron chi connectivity index (χ4n) is 4.29. The number of benzene rings is 2. The summed E-state index contributed by atoms with van der Waals surface area (Å²) in [5.74, 6) is -3.51. The summed E-state index contributed by atoms with van der Waals surface area (Å²) in [7, 11) is 2.59. The van der Waals surface area contributed by atoms with Crippen LogP contribution >= 0.6 is 0 Å². The Kier molecular flexibility index (Phi) is 6.36. The van der Waals surface area contributed by atoms with E-state index in [-0.39, 0.29) is 39.8 Å². The fraction of sp³-hybridized carbons (Fsp3) is 0.148. The molecule has 0 aliphatic carbocycles. The third kappa shape index (κ3) is 4.37. The van der Waals surface area contributed by atoms with Crippen LogP contribution in [0, 0.1) is 0 Å². The van der Waals surface area contributed by atoms with Crippen LogP contribution in [-0.2, 0) is 23.9 Å². The van der Waals surface area contributed by atoms with Crippen LogP contribution < -0.4 is 9.47 Å². The number of ether oxygens (including phenoxy) is 4. The Morgan fingerprint density at radius 2 is 1.82 bits per heavy atom. The Bertz CT molecular complexity index is 1520. The Balaban J connectivity index is 1.43. The molecule has 0 bridgehead atoms. The largest absolute Gasteiger partial charge is 0.504 e. The number of aldehydes is 1.